The van der Waals surface area contributed by atoms with Gasteiger partial charge in [-0.05, 0) is 45.1 Å². The van der Waals surface area contributed by atoms with E-state index in [-0.39, 0.29) is 0 Å². The molecule has 1 rings (SSSR count). The maximum Gasteiger partial charge on any atom is 0.0797 e. The van der Waals surface area contributed by atoms with Crippen LogP contribution in [0.5, 0.6) is 0 Å². The molecule has 0 amide bonds. The van der Waals surface area contributed by atoms with E-state index >= 15 is 0 Å². The van der Waals surface area contributed by atoms with Crippen molar-refractivity contribution in [2.24, 2.45) is 5.41 Å². The first kappa shape index (κ1) is 13.7. The summed E-state index contributed by atoms with van der Waals surface area (Å²) in [6, 6.07) is 0. The standard InChI is InChI=1S/C13H24N2S/c1-5-13(6-2,9-14-4)8-7-12-11(3)15-10-16-12/h10,14H,5-9H2,1-4H3. The first-order valence-corrected chi connectivity index (χ1v) is 7.09. The highest BCUT2D eigenvalue weighted by atomic mass is 32.1. The highest BCUT2D eigenvalue weighted by Crippen LogP contribution is 2.32. The molecule has 0 bridgehead atoms. The van der Waals surface area contributed by atoms with Crippen LogP contribution in [0.25, 0.3) is 0 Å². The molecule has 0 saturated carbocycles. The summed E-state index contributed by atoms with van der Waals surface area (Å²) < 4.78 is 0. The van der Waals surface area contributed by atoms with E-state index in [2.05, 4.69) is 38.1 Å². The molecule has 1 aromatic heterocycles. The van der Waals surface area contributed by atoms with Crippen LogP contribution in [-0.2, 0) is 6.42 Å². The lowest BCUT2D eigenvalue weighted by molar-refractivity contribution is 0.234. The van der Waals surface area contributed by atoms with Crippen LogP contribution in [0.2, 0.25) is 0 Å². The lowest BCUT2D eigenvalue weighted by Gasteiger charge is -2.31. The van der Waals surface area contributed by atoms with E-state index in [9.17, 15) is 0 Å². The van der Waals surface area contributed by atoms with Gasteiger partial charge in [0.25, 0.3) is 0 Å². The second-order valence-corrected chi connectivity index (χ2v) is 5.54. The average molecular weight is 240 g/mol. The number of hydrogen-bond donors (Lipinski definition) is 1. The van der Waals surface area contributed by atoms with Gasteiger partial charge in [-0.1, -0.05) is 13.8 Å². The number of nitrogens with one attached hydrogen (secondary N) is 1. The molecular formula is C13H24N2S. The predicted molar refractivity (Wildman–Crippen MR) is 72.1 cm³/mol. The van der Waals surface area contributed by atoms with Gasteiger partial charge in [-0.15, -0.1) is 11.3 Å². The van der Waals surface area contributed by atoms with Crippen LogP contribution in [-0.4, -0.2) is 18.6 Å². The van der Waals surface area contributed by atoms with Gasteiger partial charge in [0.15, 0.2) is 0 Å². The highest BCUT2D eigenvalue weighted by Gasteiger charge is 2.25. The molecule has 0 aliphatic carbocycles. The molecule has 3 heteroatoms. The molecule has 1 heterocycles. The zero-order chi connectivity index (χ0) is 12.0. The molecule has 0 spiro atoms. The highest BCUT2D eigenvalue weighted by molar-refractivity contribution is 7.09. The summed E-state index contributed by atoms with van der Waals surface area (Å²) in [5.41, 5.74) is 3.64. The molecule has 0 unspecified atom stereocenters. The van der Waals surface area contributed by atoms with Gasteiger partial charge in [0, 0.05) is 11.4 Å². The van der Waals surface area contributed by atoms with Crippen LogP contribution < -0.4 is 5.32 Å². The number of hydrogen-bond acceptors (Lipinski definition) is 3. The number of aryl methyl sites for hydroxylation is 2. The van der Waals surface area contributed by atoms with E-state index in [0.29, 0.717) is 5.41 Å². The van der Waals surface area contributed by atoms with E-state index in [4.69, 9.17) is 0 Å². The minimum Gasteiger partial charge on any atom is -0.319 e. The van der Waals surface area contributed by atoms with Crippen molar-refractivity contribution in [1.82, 2.24) is 10.3 Å². The molecule has 0 fully saturated rings. The first-order chi connectivity index (χ1) is 7.67. The fourth-order valence-corrected chi connectivity index (χ4v) is 3.04. The molecule has 0 atom stereocenters. The summed E-state index contributed by atoms with van der Waals surface area (Å²) in [6.45, 7) is 7.85. The Kier molecular flexibility index (Phi) is 5.42. The Morgan fingerprint density at radius 2 is 2.06 bits per heavy atom. The van der Waals surface area contributed by atoms with Crippen LogP contribution in [0.15, 0.2) is 5.51 Å². The molecule has 16 heavy (non-hydrogen) atoms. The lowest BCUT2D eigenvalue weighted by atomic mass is 9.78. The van der Waals surface area contributed by atoms with Crippen LogP contribution in [0, 0.1) is 12.3 Å². The van der Waals surface area contributed by atoms with Gasteiger partial charge in [-0.25, -0.2) is 4.98 Å². The molecule has 2 nitrogen and oxygen atoms in total. The Bertz CT molecular complexity index is 303. The third-order valence-electron chi connectivity index (χ3n) is 3.78. The van der Waals surface area contributed by atoms with Crippen molar-refractivity contribution in [3.63, 3.8) is 0 Å². The van der Waals surface area contributed by atoms with Crippen LogP contribution >= 0.6 is 11.3 Å². The maximum absolute atomic E-state index is 4.32. The molecule has 0 aliphatic heterocycles. The van der Waals surface area contributed by atoms with E-state index in [0.717, 1.165) is 6.54 Å². The zero-order valence-corrected chi connectivity index (χ0v) is 11.8. The topological polar surface area (TPSA) is 24.9 Å². The summed E-state index contributed by atoms with van der Waals surface area (Å²) >= 11 is 1.80. The Balaban J connectivity index is 2.59. The first-order valence-electron chi connectivity index (χ1n) is 6.21. The Morgan fingerprint density at radius 3 is 2.50 bits per heavy atom. The fraction of sp³-hybridized carbons (Fsp3) is 0.769. The van der Waals surface area contributed by atoms with Crippen molar-refractivity contribution in [3.8, 4) is 0 Å². The predicted octanol–water partition coefficient (Wildman–Crippen LogP) is 3.41. The Labute approximate surface area is 103 Å². The van der Waals surface area contributed by atoms with Gasteiger partial charge < -0.3 is 5.32 Å². The molecule has 0 aliphatic rings. The molecule has 92 valence electrons. The van der Waals surface area contributed by atoms with E-state index < -0.39 is 0 Å². The number of aromatic nitrogens is 1. The van der Waals surface area contributed by atoms with Gasteiger partial charge in [0.1, 0.15) is 0 Å². The quantitative estimate of drug-likeness (QED) is 0.790. The fourth-order valence-electron chi connectivity index (χ4n) is 2.26. The van der Waals surface area contributed by atoms with Crippen molar-refractivity contribution in [2.75, 3.05) is 13.6 Å². The van der Waals surface area contributed by atoms with Crippen LogP contribution in [0.3, 0.4) is 0 Å². The molecule has 0 saturated heterocycles. The minimum absolute atomic E-state index is 0.463. The minimum atomic E-state index is 0.463. The smallest absolute Gasteiger partial charge is 0.0797 e. The number of thiazole rings is 1. The summed E-state index contributed by atoms with van der Waals surface area (Å²) in [7, 11) is 2.05. The summed E-state index contributed by atoms with van der Waals surface area (Å²) in [5, 5.41) is 3.34. The molecule has 0 radical (unpaired) electrons. The molecular weight excluding hydrogens is 216 g/mol. The van der Waals surface area contributed by atoms with Gasteiger partial charge in [0.05, 0.1) is 11.2 Å². The molecule has 1 aromatic rings. The summed E-state index contributed by atoms with van der Waals surface area (Å²) in [6.07, 6.45) is 4.95. The van der Waals surface area contributed by atoms with E-state index in [1.807, 2.05) is 5.51 Å². The van der Waals surface area contributed by atoms with Crippen LogP contribution in [0.1, 0.15) is 43.7 Å². The molecule has 1 N–H and O–H groups in total. The maximum atomic E-state index is 4.32. The normalized spacial score (nSPS) is 12.0. The SMILES string of the molecule is CCC(CC)(CCc1scnc1C)CNC. The van der Waals surface area contributed by atoms with E-state index in [1.54, 1.807) is 11.3 Å². The van der Waals surface area contributed by atoms with Crippen molar-refractivity contribution < 1.29 is 0 Å². The van der Waals surface area contributed by atoms with Crippen molar-refractivity contribution in [2.45, 2.75) is 46.5 Å². The largest absolute Gasteiger partial charge is 0.319 e. The van der Waals surface area contributed by atoms with Crippen molar-refractivity contribution >= 4 is 11.3 Å². The summed E-state index contributed by atoms with van der Waals surface area (Å²) in [5.74, 6) is 0. The number of nitrogens with zero attached hydrogens (tertiary/aromatic N) is 1. The van der Waals surface area contributed by atoms with Gasteiger partial charge >= 0.3 is 0 Å². The third-order valence-corrected chi connectivity index (χ3v) is 4.77. The second kappa shape index (κ2) is 6.36. The van der Waals surface area contributed by atoms with Crippen molar-refractivity contribution in [1.29, 1.82) is 0 Å². The van der Waals surface area contributed by atoms with Crippen molar-refractivity contribution in [3.05, 3.63) is 16.1 Å². The van der Waals surface area contributed by atoms with Crippen LogP contribution in [0.4, 0.5) is 0 Å². The lowest BCUT2D eigenvalue weighted by Crippen LogP contribution is -2.32. The third kappa shape index (κ3) is 3.29. The zero-order valence-electron chi connectivity index (χ0n) is 11.0. The Hall–Kier alpha value is -0.410. The van der Waals surface area contributed by atoms with E-state index in [1.165, 1.54) is 36.3 Å². The second-order valence-electron chi connectivity index (χ2n) is 4.60. The van der Waals surface area contributed by atoms with Gasteiger partial charge in [0.2, 0.25) is 0 Å². The number of rotatable bonds is 7. The molecule has 0 aromatic carbocycles. The average Bonchev–Trinajstić information content (AvgIpc) is 2.70. The van der Waals surface area contributed by atoms with Gasteiger partial charge in [-0.3, -0.25) is 0 Å². The Morgan fingerprint density at radius 1 is 1.38 bits per heavy atom. The van der Waals surface area contributed by atoms with Gasteiger partial charge in [-0.2, -0.15) is 0 Å². The summed E-state index contributed by atoms with van der Waals surface area (Å²) in [4.78, 5) is 5.78. The monoisotopic (exact) mass is 240 g/mol.